The van der Waals surface area contributed by atoms with E-state index >= 15 is 0 Å². The molecular weight excluding hydrogens is 222 g/mol. The summed E-state index contributed by atoms with van der Waals surface area (Å²) >= 11 is 0. The third kappa shape index (κ3) is 2.61. The summed E-state index contributed by atoms with van der Waals surface area (Å²) in [6.45, 7) is 0. The highest BCUT2D eigenvalue weighted by atomic mass is 32.2. The molecule has 0 atom stereocenters. The second-order valence-electron chi connectivity index (χ2n) is 2.72. The van der Waals surface area contributed by atoms with E-state index in [1.165, 1.54) is 18.2 Å². The number of primary sulfonamides is 1. The highest BCUT2D eigenvalue weighted by molar-refractivity contribution is 8.04. The minimum absolute atomic E-state index is 0.176. The van der Waals surface area contributed by atoms with E-state index in [1.807, 2.05) is 0 Å². The van der Waals surface area contributed by atoms with E-state index in [2.05, 4.69) is 5.14 Å². The average molecular weight is 229 g/mol. The molecule has 80 valence electrons. The van der Waals surface area contributed by atoms with E-state index in [1.54, 1.807) is 0 Å². The van der Waals surface area contributed by atoms with Gasteiger partial charge in [0.05, 0.1) is 5.56 Å². The van der Waals surface area contributed by atoms with Gasteiger partial charge in [-0.15, -0.1) is 0 Å². The molecular formula is C8H7NO5S. The predicted molar refractivity (Wildman–Crippen MR) is 50.8 cm³/mol. The zero-order chi connectivity index (χ0) is 11.6. The molecule has 15 heavy (non-hydrogen) atoms. The van der Waals surface area contributed by atoms with Crippen LogP contribution in [0.2, 0.25) is 0 Å². The Morgan fingerprint density at radius 2 is 1.73 bits per heavy atom. The fourth-order valence-electron chi connectivity index (χ4n) is 0.943. The monoisotopic (exact) mass is 229 g/mol. The smallest absolute Gasteiger partial charge is 0.335 e. The van der Waals surface area contributed by atoms with Crippen molar-refractivity contribution in [3.63, 3.8) is 0 Å². The summed E-state index contributed by atoms with van der Waals surface area (Å²) in [5.41, 5.74) is -0.443. The third-order valence-corrected chi connectivity index (χ3v) is 2.36. The maximum atomic E-state index is 11.1. The molecule has 0 saturated carbocycles. The number of carbonyl (C=O) groups is 2. The van der Waals surface area contributed by atoms with Crippen LogP contribution < -0.4 is 5.14 Å². The largest absolute Gasteiger partial charge is 0.478 e. The van der Waals surface area contributed by atoms with Crippen LogP contribution >= 0.6 is 0 Å². The predicted octanol–water partition coefficient (Wildman–Crippen LogP) is -0.186. The normalized spacial score (nSPS) is 11.0. The van der Waals surface area contributed by atoms with E-state index in [9.17, 15) is 18.0 Å². The van der Waals surface area contributed by atoms with Crippen molar-refractivity contribution < 1.29 is 23.1 Å². The molecule has 0 bridgehead atoms. The fraction of sp³-hybridized carbons (Fsp3) is 0. The Kier molecular flexibility index (Phi) is 2.87. The maximum absolute atomic E-state index is 11.1. The van der Waals surface area contributed by atoms with Crippen LogP contribution in [0.15, 0.2) is 24.3 Å². The number of carboxylic acids is 1. The van der Waals surface area contributed by atoms with Crippen LogP contribution in [0.25, 0.3) is 0 Å². The SMILES string of the molecule is NS(=O)(=O)C(=O)c1cccc(C(=O)O)c1. The lowest BCUT2D eigenvalue weighted by Gasteiger charge is -1.99. The summed E-state index contributed by atoms with van der Waals surface area (Å²) in [6.07, 6.45) is 0. The molecule has 1 aromatic rings. The van der Waals surface area contributed by atoms with Crippen molar-refractivity contribution in [3.8, 4) is 0 Å². The quantitative estimate of drug-likeness (QED) is 0.729. The average Bonchev–Trinajstić information content (AvgIpc) is 2.15. The molecule has 0 saturated heterocycles. The molecule has 0 unspecified atom stereocenters. The molecule has 1 rings (SSSR count). The summed E-state index contributed by atoms with van der Waals surface area (Å²) < 4.78 is 21.4. The minimum Gasteiger partial charge on any atom is -0.478 e. The highest BCUT2D eigenvalue weighted by Crippen LogP contribution is 2.07. The highest BCUT2D eigenvalue weighted by Gasteiger charge is 2.19. The van der Waals surface area contributed by atoms with Crippen molar-refractivity contribution in [2.45, 2.75) is 0 Å². The number of aromatic carboxylic acids is 1. The van der Waals surface area contributed by atoms with Gasteiger partial charge in [0.15, 0.2) is 0 Å². The number of carboxylic acid groups (broad SMARTS) is 1. The van der Waals surface area contributed by atoms with Gasteiger partial charge in [-0.3, -0.25) is 4.79 Å². The number of carbonyl (C=O) groups excluding carboxylic acids is 1. The van der Waals surface area contributed by atoms with Crippen LogP contribution in [0.5, 0.6) is 0 Å². The summed E-state index contributed by atoms with van der Waals surface area (Å²) in [7, 11) is -4.33. The Hall–Kier alpha value is -1.73. The van der Waals surface area contributed by atoms with Crippen molar-refractivity contribution in [3.05, 3.63) is 35.4 Å². The third-order valence-electron chi connectivity index (χ3n) is 1.60. The van der Waals surface area contributed by atoms with Crippen LogP contribution in [-0.2, 0) is 10.0 Å². The van der Waals surface area contributed by atoms with E-state index in [4.69, 9.17) is 5.11 Å². The molecule has 0 aliphatic heterocycles. The molecule has 6 nitrogen and oxygen atoms in total. The fourth-order valence-corrected chi connectivity index (χ4v) is 1.40. The van der Waals surface area contributed by atoms with Crippen molar-refractivity contribution in [1.82, 2.24) is 0 Å². The van der Waals surface area contributed by atoms with Crippen molar-refractivity contribution in [2.24, 2.45) is 5.14 Å². The molecule has 0 amide bonds. The Labute approximate surface area is 85.4 Å². The van der Waals surface area contributed by atoms with Gasteiger partial charge in [-0.1, -0.05) is 12.1 Å². The molecule has 0 aromatic heterocycles. The Balaban J connectivity index is 3.23. The summed E-state index contributed by atoms with van der Waals surface area (Å²) in [4.78, 5) is 21.7. The first-order valence-electron chi connectivity index (χ1n) is 3.73. The Morgan fingerprint density at radius 1 is 1.20 bits per heavy atom. The molecule has 0 spiro atoms. The van der Waals surface area contributed by atoms with Gasteiger partial charge >= 0.3 is 5.97 Å². The van der Waals surface area contributed by atoms with Crippen LogP contribution in [0.4, 0.5) is 0 Å². The van der Waals surface area contributed by atoms with E-state index in [0.717, 1.165) is 6.07 Å². The lowest BCUT2D eigenvalue weighted by Crippen LogP contribution is -2.23. The van der Waals surface area contributed by atoms with Crippen LogP contribution in [-0.4, -0.2) is 24.6 Å². The van der Waals surface area contributed by atoms with E-state index < -0.39 is 21.1 Å². The standard InChI is InChI=1S/C8H7NO5S/c9-15(13,14)8(12)6-3-1-2-5(4-6)7(10)11/h1-4H,(H,10,11)(H2,9,13,14). The van der Waals surface area contributed by atoms with Crippen LogP contribution in [0.3, 0.4) is 0 Å². The zero-order valence-corrected chi connectivity index (χ0v) is 8.19. The molecule has 3 N–H and O–H groups in total. The summed E-state index contributed by atoms with van der Waals surface area (Å²) in [5.74, 6) is -1.25. The number of nitrogens with two attached hydrogens (primary N) is 1. The Bertz CT molecular complexity index is 520. The second-order valence-corrected chi connectivity index (χ2v) is 4.18. The van der Waals surface area contributed by atoms with Gasteiger partial charge in [0.2, 0.25) is 0 Å². The van der Waals surface area contributed by atoms with E-state index in [-0.39, 0.29) is 11.1 Å². The number of hydrogen-bond acceptors (Lipinski definition) is 4. The van der Waals surface area contributed by atoms with Gasteiger partial charge in [-0.05, 0) is 12.1 Å². The number of rotatable bonds is 2. The molecule has 0 radical (unpaired) electrons. The summed E-state index contributed by atoms with van der Waals surface area (Å²) in [5, 5.41) is 11.9. The Morgan fingerprint density at radius 3 is 2.20 bits per heavy atom. The van der Waals surface area contributed by atoms with Gasteiger partial charge in [0.1, 0.15) is 0 Å². The van der Waals surface area contributed by atoms with E-state index in [0.29, 0.717) is 0 Å². The molecule has 0 aliphatic carbocycles. The second kappa shape index (κ2) is 3.79. The lowest BCUT2D eigenvalue weighted by atomic mass is 10.1. The lowest BCUT2D eigenvalue weighted by molar-refractivity contribution is 0.0697. The first kappa shape index (κ1) is 11.3. The molecule has 7 heteroatoms. The number of hydrogen-bond donors (Lipinski definition) is 2. The molecule has 0 heterocycles. The van der Waals surface area contributed by atoms with Crippen LogP contribution in [0, 0.1) is 0 Å². The van der Waals surface area contributed by atoms with Gasteiger partial charge in [-0.2, -0.15) is 0 Å². The van der Waals surface area contributed by atoms with Crippen molar-refractivity contribution >= 4 is 21.1 Å². The van der Waals surface area contributed by atoms with Gasteiger partial charge in [0, 0.05) is 5.56 Å². The summed E-state index contributed by atoms with van der Waals surface area (Å²) in [6, 6.07) is 4.64. The number of sulfonamides is 1. The van der Waals surface area contributed by atoms with Crippen molar-refractivity contribution in [2.75, 3.05) is 0 Å². The maximum Gasteiger partial charge on any atom is 0.335 e. The first-order valence-corrected chi connectivity index (χ1v) is 5.27. The molecule has 0 fully saturated rings. The topological polar surface area (TPSA) is 115 Å². The molecule has 0 aliphatic rings. The first-order chi connectivity index (χ1) is 6.82. The zero-order valence-electron chi connectivity index (χ0n) is 7.38. The molecule has 1 aromatic carbocycles. The van der Waals surface area contributed by atoms with Crippen molar-refractivity contribution in [1.29, 1.82) is 0 Å². The number of benzene rings is 1. The van der Waals surface area contributed by atoms with Crippen LogP contribution in [0.1, 0.15) is 20.7 Å². The van der Waals surface area contributed by atoms with Gasteiger partial charge in [-0.25, -0.2) is 18.4 Å². The van der Waals surface area contributed by atoms with Gasteiger partial charge < -0.3 is 5.11 Å². The van der Waals surface area contributed by atoms with Gasteiger partial charge in [0.25, 0.3) is 15.1 Å². The minimum atomic E-state index is -4.33.